The third kappa shape index (κ3) is 2.85. The monoisotopic (exact) mass is 275 g/mol. The summed E-state index contributed by atoms with van der Waals surface area (Å²) in [5, 5.41) is 13.9. The first-order chi connectivity index (χ1) is 8.99. The smallest absolute Gasteiger partial charge is 0.316 e. The van der Waals surface area contributed by atoms with Crippen LogP contribution in [0.1, 0.15) is 31.4 Å². The molecule has 2 rings (SSSR count). The Morgan fingerprint density at radius 1 is 1.63 bits per heavy atom. The van der Waals surface area contributed by atoms with E-state index in [9.17, 15) is 23.7 Å². The van der Waals surface area contributed by atoms with E-state index in [1.807, 2.05) is 0 Å². The minimum absolute atomic E-state index is 0.153. The van der Waals surface area contributed by atoms with Crippen LogP contribution in [-0.4, -0.2) is 20.7 Å². The van der Waals surface area contributed by atoms with Crippen molar-refractivity contribution in [1.82, 2.24) is 9.78 Å². The van der Waals surface area contributed by atoms with Crippen LogP contribution in [0.25, 0.3) is 0 Å². The minimum Gasteiger partial charge on any atom is -0.442 e. The van der Waals surface area contributed by atoms with Crippen LogP contribution < -0.4 is 0 Å². The maximum atomic E-state index is 12.5. The summed E-state index contributed by atoms with van der Waals surface area (Å²) in [6, 6.07) is 0. The molecule has 9 heteroatoms. The first-order valence-corrected chi connectivity index (χ1v) is 5.65. The normalized spacial score (nSPS) is 15.3. The van der Waals surface area contributed by atoms with Gasteiger partial charge in [-0.25, -0.2) is 13.5 Å². The Bertz CT molecular complexity index is 499. The number of nitro groups is 1. The average molecular weight is 275 g/mol. The number of carbonyl (C=O) groups is 1. The number of halogens is 2. The van der Waals surface area contributed by atoms with Crippen molar-refractivity contribution in [3.8, 4) is 0 Å². The molecule has 0 aliphatic heterocycles. The van der Waals surface area contributed by atoms with Gasteiger partial charge in [0.25, 0.3) is 6.43 Å². The van der Waals surface area contributed by atoms with Crippen LogP contribution in [0.15, 0.2) is 6.20 Å². The molecular formula is C10H11F2N3O4. The molecule has 0 saturated heterocycles. The molecule has 1 aromatic heterocycles. The van der Waals surface area contributed by atoms with Crippen molar-refractivity contribution in [2.45, 2.75) is 32.4 Å². The van der Waals surface area contributed by atoms with Crippen LogP contribution in [0.5, 0.6) is 0 Å². The minimum atomic E-state index is -3.05. The van der Waals surface area contributed by atoms with E-state index in [2.05, 4.69) is 5.10 Å². The largest absolute Gasteiger partial charge is 0.442 e. The van der Waals surface area contributed by atoms with E-state index < -0.39 is 35.4 Å². The maximum absolute atomic E-state index is 12.5. The van der Waals surface area contributed by atoms with Crippen molar-refractivity contribution in [2.24, 2.45) is 5.92 Å². The molecule has 1 aliphatic rings. The molecule has 0 unspecified atom stereocenters. The van der Waals surface area contributed by atoms with Gasteiger partial charge < -0.3 is 4.74 Å². The first kappa shape index (κ1) is 13.4. The molecule has 104 valence electrons. The van der Waals surface area contributed by atoms with Crippen LogP contribution in [0.4, 0.5) is 14.5 Å². The van der Waals surface area contributed by atoms with Gasteiger partial charge in [-0.1, -0.05) is 6.42 Å². The van der Waals surface area contributed by atoms with Gasteiger partial charge in [0.1, 0.15) is 6.20 Å². The number of ether oxygens (including phenoxy) is 1. The SMILES string of the molecule is O=C(OCn1cc([N+](=O)[O-])c(C(F)F)n1)C1CCC1. The lowest BCUT2D eigenvalue weighted by molar-refractivity contribution is -0.386. The summed E-state index contributed by atoms with van der Waals surface area (Å²) < 4.78 is 30.7. The van der Waals surface area contributed by atoms with Crippen LogP contribution in [0.3, 0.4) is 0 Å². The van der Waals surface area contributed by atoms with E-state index in [1.165, 1.54) is 0 Å². The topological polar surface area (TPSA) is 87.3 Å². The van der Waals surface area contributed by atoms with Crippen molar-refractivity contribution in [3.63, 3.8) is 0 Å². The lowest BCUT2D eigenvalue weighted by Crippen LogP contribution is -2.25. The van der Waals surface area contributed by atoms with E-state index >= 15 is 0 Å². The third-order valence-electron chi connectivity index (χ3n) is 2.95. The Labute approximate surface area is 106 Å². The van der Waals surface area contributed by atoms with Gasteiger partial charge in [0.05, 0.1) is 10.8 Å². The second-order valence-corrected chi connectivity index (χ2v) is 4.22. The number of carbonyl (C=O) groups excluding carboxylic acids is 1. The van der Waals surface area contributed by atoms with Crippen LogP contribution in [0, 0.1) is 16.0 Å². The fourth-order valence-electron chi connectivity index (χ4n) is 1.68. The molecule has 1 heterocycles. The quantitative estimate of drug-likeness (QED) is 0.466. The summed E-state index contributed by atoms with van der Waals surface area (Å²) in [6.07, 6.45) is 0.239. The number of rotatable bonds is 5. The van der Waals surface area contributed by atoms with Gasteiger partial charge in [-0.2, -0.15) is 5.10 Å². The summed E-state index contributed by atoms with van der Waals surface area (Å²) >= 11 is 0. The van der Waals surface area contributed by atoms with Gasteiger partial charge in [0.2, 0.25) is 5.69 Å². The van der Waals surface area contributed by atoms with Crippen LogP contribution >= 0.6 is 0 Å². The van der Waals surface area contributed by atoms with Gasteiger partial charge in [-0.15, -0.1) is 0 Å². The van der Waals surface area contributed by atoms with E-state index in [0.717, 1.165) is 30.1 Å². The van der Waals surface area contributed by atoms with Crippen LogP contribution in [0.2, 0.25) is 0 Å². The summed E-state index contributed by atoms with van der Waals surface area (Å²) in [7, 11) is 0. The van der Waals surface area contributed by atoms with Crippen LogP contribution in [-0.2, 0) is 16.3 Å². The van der Waals surface area contributed by atoms with E-state index in [-0.39, 0.29) is 5.92 Å². The van der Waals surface area contributed by atoms with Gasteiger partial charge in [-0.3, -0.25) is 14.9 Å². The Hall–Kier alpha value is -2.06. The average Bonchev–Trinajstić information content (AvgIpc) is 2.68. The maximum Gasteiger partial charge on any atom is 0.316 e. The van der Waals surface area contributed by atoms with Crippen molar-refractivity contribution >= 4 is 11.7 Å². The van der Waals surface area contributed by atoms with Crippen molar-refractivity contribution in [2.75, 3.05) is 0 Å². The zero-order chi connectivity index (χ0) is 14.0. The highest BCUT2D eigenvalue weighted by Gasteiger charge is 2.29. The highest BCUT2D eigenvalue weighted by atomic mass is 19.3. The second kappa shape index (κ2) is 5.29. The number of alkyl halides is 2. The van der Waals surface area contributed by atoms with E-state index in [1.54, 1.807) is 0 Å². The summed E-state index contributed by atoms with van der Waals surface area (Å²) in [5.74, 6) is -0.580. The fourth-order valence-corrected chi connectivity index (χ4v) is 1.68. The second-order valence-electron chi connectivity index (χ2n) is 4.22. The molecule has 0 radical (unpaired) electrons. The van der Waals surface area contributed by atoms with Gasteiger partial charge in [-0.05, 0) is 12.8 Å². The number of nitrogens with zero attached hydrogens (tertiary/aromatic N) is 3. The van der Waals surface area contributed by atoms with Crippen molar-refractivity contribution in [1.29, 1.82) is 0 Å². The molecule has 1 aliphatic carbocycles. The molecule has 0 N–H and O–H groups in total. The lowest BCUT2D eigenvalue weighted by atomic mass is 9.86. The molecule has 1 fully saturated rings. The zero-order valence-corrected chi connectivity index (χ0v) is 9.79. The standard InChI is InChI=1S/C10H11F2N3O4/c11-9(12)8-7(15(17)18)4-14(13-8)5-19-10(16)6-2-1-3-6/h4,6,9H,1-3,5H2. The van der Waals surface area contributed by atoms with Gasteiger partial charge in [0.15, 0.2) is 6.73 Å². The number of hydrogen-bond donors (Lipinski definition) is 0. The molecule has 0 atom stereocenters. The lowest BCUT2D eigenvalue weighted by Gasteiger charge is -2.22. The summed E-state index contributed by atoms with van der Waals surface area (Å²) in [5.41, 5.74) is -1.71. The van der Waals surface area contributed by atoms with E-state index in [4.69, 9.17) is 4.74 Å². The Morgan fingerprint density at radius 3 is 2.74 bits per heavy atom. The van der Waals surface area contributed by atoms with Gasteiger partial charge >= 0.3 is 11.7 Å². The summed E-state index contributed by atoms with van der Waals surface area (Å²) in [6.45, 7) is -0.400. The first-order valence-electron chi connectivity index (χ1n) is 5.65. The highest BCUT2D eigenvalue weighted by Crippen LogP contribution is 2.28. The van der Waals surface area contributed by atoms with Gasteiger partial charge in [0, 0.05) is 0 Å². The molecule has 0 spiro atoms. The Kier molecular flexibility index (Phi) is 3.72. The molecule has 0 amide bonds. The number of esters is 1. The predicted molar refractivity (Wildman–Crippen MR) is 57.3 cm³/mol. The summed E-state index contributed by atoms with van der Waals surface area (Å²) in [4.78, 5) is 21.0. The Morgan fingerprint density at radius 2 is 2.32 bits per heavy atom. The molecule has 1 aromatic rings. The molecule has 1 saturated carbocycles. The fraction of sp³-hybridized carbons (Fsp3) is 0.600. The predicted octanol–water partition coefficient (Wildman–Crippen LogP) is 2.03. The molecule has 0 aromatic carbocycles. The van der Waals surface area contributed by atoms with E-state index in [0.29, 0.717) is 0 Å². The molecule has 19 heavy (non-hydrogen) atoms. The number of aromatic nitrogens is 2. The zero-order valence-electron chi connectivity index (χ0n) is 9.79. The molecular weight excluding hydrogens is 264 g/mol. The Balaban J connectivity index is 2.02. The molecule has 7 nitrogen and oxygen atoms in total. The highest BCUT2D eigenvalue weighted by molar-refractivity contribution is 5.73. The van der Waals surface area contributed by atoms with Crippen molar-refractivity contribution < 1.29 is 23.2 Å². The number of hydrogen-bond acceptors (Lipinski definition) is 5. The van der Waals surface area contributed by atoms with Crippen molar-refractivity contribution in [3.05, 3.63) is 22.0 Å². The third-order valence-corrected chi connectivity index (χ3v) is 2.95. The molecule has 0 bridgehead atoms.